The molecule has 0 aliphatic carbocycles. The van der Waals surface area contributed by atoms with Crippen molar-refractivity contribution < 1.29 is 14.7 Å². The van der Waals surface area contributed by atoms with Gasteiger partial charge in [-0.05, 0) is 35.9 Å². The molecule has 0 bridgehead atoms. The van der Waals surface area contributed by atoms with E-state index in [1.165, 1.54) is 6.07 Å². The van der Waals surface area contributed by atoms with Crippen molar-refractivity contribution in [3.8, 4) is 0 Å². The predicted octanol–water partition coefficient (Wildman–Crippen LogP) is 5.36. The minimum atomic E-state index is -1.10. The molecule has 3 aromatic rings. The molecule has 0 fully saturated rings. The molecule has 1 aliphatic heterocycles. The minimum Gasteiger partial charge on any atom is -0.478 e. The highest BCUT2D eigenvalue weighted by Gasteiger charge is 2.34. The van der Waals surface area contributed by atoms with Crippen LogP contribution in [-0.4, -0.2) is 22.7 Å². The van der Waals surface area contributed by atoms with Crippen molar-refractivity contribution in [1.82, 2.24) is 0 Å². The fourth-order valence-corrected chi connectivity index (χ4v) is 3.69. The molecule has 0 aromatic heterocycles. The average molecular weight is 425 g/mol. The number of anilines is 1. The van der Waals surface area contributed by atoms with Gasteiger partial charge >= 0.3 is 5.97 Å². The molecule has 0 saturated heterocycles. The molecule has 0 saturated carbocycles. The van der Waals surface area contributed by atoms with Crippen LogP contribution in [-0.2, 0) is 11.3 Å². The number of para-hydroxylation sites is 2. The lowest BCUT2D eigenvalue weighted by Crippen LogP contribution is -2.29. The molecular weight excluding hydrogens is 411 g/mol. The van der Waals surface area contributed by atoms with Crippen molar-refractivity contribution in [1.29, 1.82) is 0 Å². The predicted molar refractivity (Wildman–Crippen MR) is 114 cm³/mol. The summed E-state index contributed by atoms with van der Waals surface area (Å²) >= 11 is 12.3. The SMILES string of the molecule is O=C(O)c1ccccc1N=C1C(=O)N(Cc2ccc(Cl)cc2Cl)c2ccccc21. The summed E-state index contributed by atoms with van der Waals surface area (Å²) in [6, 6.07) is 18.7. The topological polar surface area (TPSA) is 70.0 Å². The van der Waals surface area contributed by atoms with Gasteiger partial charge in [0.15, 0.2) is 0 Å². The summed E-state index contributed by atoms with van der Waals surface area (Å²) in [6.07, 6.45) is 0. The highest BCUT2D eigenvalue weighted by Crippen LogP contribution is 2.34. The maximum absolute atomic E-state index is 13.2. The Kier molecular flexibility index (Phi) is 5.09. The van der Waals surface area contributed by atoms with Gasteiger partial charge in [-0.3, -0.25) is 4.79 Å². The third kappa shape index (κ3) is 3.62. The van der Waals surface area contributed by atoms with Gasteiger partial charge in [0, 0.05) is 15.6 Å². The molecule has 0 radical (unpaired) electrons. The van der Waals surface area contributed by atoms with E-state index in [0.29, 0.717) is 21.3 Å². The molecular formula is C22H14Cl2N2O3. The van der Waals surface area contributed by atoms with E-state index in [9.17, 15) is 14.7 Å². The zero-order chi connectivity index (χ0) is 20.5. The number of hydrogen-bond donors (Lipinski definition) is 1. The number of hydrogen-bond acceptors (Lipinski definition) is 3. The van der Waals surface area contributed by atoms with Gasteiger partial charge in [0.25, 0.3) is 5.91 Å². The first-order chi connectivity index (χ1) is 14.0. The molecule has 4 rings (SSSR count). The van der Waals surface area contributed by atoms with E-state index in [-0.39, 0.29) is 29.4 Å². The number of carbonyl (C=O) groups excluding carboxylic acids is 1. The second-order valence-corrected chi connectivity index (χ2v) is 7.27. The van der Waals surface area contributed by atoms with Crippen LogP contribution in [0.25, 0.3) is 0 Å². The van der Waals surface area contributed by atoms with Crippen LogP contribution in [0.1, 0.15) is 21.5 Å². The molecule has 5 nitrogen and oxygen atoms in total. The molecule has 0 unspecified atom stereocenters. The van der Waals surface area contributed by atoms with Crippen LogP contribution in [0.2, 0.25) is 10.0 Å². The number of carboxylic acids is 1. The molecule has 3 aromatic carbocycles. The van der Waals surface area contributed by atoms with Crippen molar-refractivity contribution in [2.75, 3.05) is 4.90 Å². The summed E-state index contributed by atoms with van der Waals surface area (Å²) < 4.78 is 0. The van der Waals surface area contributed by atoms with Gasteiger partial charge in [0.1, 0.15) is 5.71 Å². The van der Waals surface area contributed by atoms with Crippen LogP contribution in [0, 0.1) is 0 Å². The highest BCUT2D eigenvalue weighted by atomic mass is 35.5. The van der Waals surface area contributed by atoms with E-state index < -0.39 is 5.97 Å². The van der Waals surface area contributed by atoms with Gasteiger partial charge in [0.2, 0.25) is 0 Å². The number of carbonyl (C=O) groups is 2. The molecule has 0 spiro atoms. The quantitative estimate of drug-likeness (QED) is 0.612. The average Bonchev–Trinajstić information content (AvgIpc) is 2.96. The van der Waals surface area contributed by atoms with Gasteiger partial charge in [-0.2, -0.15) is 0 Å². The van der Waals surface area contributed by atoms with Gasteiger partial charge in [0.05, 0.1) is 23.5 Å². The Morgan fingerprint density at radius 3 is 2.48 bits per heavy atom. The molecule has 1 aliphatic rings. The summed E-state index contributed by atoms with van der Waals surface area (Å²) in [4.78, 5) is 30.7. The Balaban J connectivity index is 1.79. The fraction of sp³-hybridized carbons (Fsp3) is 0.0455. The smallest absolute Gasteiger partial charge is 0.337 e. The Morgan fingerprint density at radius 1 is 1.00 bits per heavy atom. The van der Waals surface area contributed by atoms with Gasteiger partial charge in [-0.1, -0.05) is 59.6 Å². The lowest BCUT2D eigenvalue weighted by atomic mass is 10.1. The number of nitrogens with zero attached hydrogens (tertiary/aromatic N) is 2. The first-order valence-corrected chi connectivity index (χ1v) is 9.47. The number of aromatic carboxylic acids is 1. The van der Waals surface area contributed by atoms with Crippen molar-refractivity contribution >= 4 is 52.2 Å². The Labute approximate surface area is 176 Å². The largest absolute Gasteiger partial charge is 0.478 e. The maximum Gasteiger partial charge on any atom is 0.337 e. The van der Waals surface area contributed by atoms with Gasteiger partial charge < -0.3 is 10.0 Å². The van der Waals surface area contributed by atoms with Crippen molar-refractivity contribution in [3.63, 3.8) is 0 Å². The summed E-state index contributed by atoms with van der Waals surface area (Å²) in [5, 5.41) is 10.4. The first-order valence-electron chi connectivity index (χ1n) is 8.72. The van der Waals surface area contributed by atoms with Gasteiger partial charge in [-0.15, -0.1) is 0 Å². The Morgan fingerprint density at radius 2 is 1.72 bits per heavy atom. The summed E-state index contributed by atoms with van der Waals surface area (Å²) in [6.45, 7) is 0.242. The van der Waals surface area contributed by atoms with Crippen LogP contribution in [0.3, 0.4) is 0 Å². The van der Waals surface area contributed by atoms with Crippen molar-refractivity contribution in [3.05, 3.63) is 93.5 Å². The van der Waals surface area contributed by atoms with Crippen LogP contribution < -0.4 is 4.90 Å². The summed E-state index contributed by atoms with van der Waals surface area (Å²) in [7, 11) is 0. The van der Waals surface area contributed by atoms with E-state index >= 15 is 0 Å². The maximum atomic E-state index is 13.2. The molecule has 29 heavy (non-hydrogen) atoms. The third-order valence-electron chi connectivity index (χ3n) is 4.61. The van der Waals surface area contributed by atoms with Crippen LogP contribution in [0.5, 0.6) is 0 Å². The number of fused-ring (bicyclic) bond motifs is 1. The number of rotatable bonds is 4. The Hall–Kier alpha value is -3.15. The molecule has 1 amide bonds. The number of carboxylic acid groups (broad SMARTS) is 1. The van der Waals surface area contributed by atoms with E-state index in [2.05, 4.69) is 4.99 Å². The van der Waals surface area contributed by atoms with Crippen molar-refractivity contribution in [2.45, 2.75) is 6.54 Å². The van der Waals surface area contributed by atoms with E-state index in [1.807, 2.05) is 18.2 Å². The molecule has 144 valence electrons. The lowest BCUT2D eigenvalue weighted by Gasteiger charge is -2.17. The standard InChI is InChI=1S/C22H14Cl2N2O3/c23-14-10-9-13(17(24)11-14)12-26-19-8-4-2-6-16(19)20(21(26)27)25-18-7-3-1-5-15(18)22(28)29/h1-11H,12H2,(H,28,29). The number of halogens is 2. The van der Waals surface area contributed by atoms with Crippen LogP contribution in [0.15, 0.2) is 71.7 Å². The first kappa shape index (κ1) is 19.2. The molecule has 1 N–H and O–H groups in total. The second-order valence-electron chi connectivity index (χ2n) is 6.43. The number of amides is 1. The second kappa shape index (κ2) is 7.70. The number of aliphatic imine (C=N–C) groups is 1. The van der Waals surface area contributed by atoms with E-state index in [4.69, 9.17) is 23.2 Å². The third-order valence-corrected chi connectivity index (χ3v) is 5.19. The van der Waals surface area contributed by atoms with E-state index in [1.54, 1.807) is 47.4 Å². The monoisotopic (exact) mass is 424 g/mol. The molecule has 7 heteroatoms. The fourth-order valence-electron chi connectivity index (χ4n) is 3.22. The summed E-state index contributed by atoms with van der Waals surface area (Å²) in [5.41, 5.74) is 2.53. The normalized spacial score (nSPS) is 14.3. The van der Waals surface area contributed by atoms with Crippen LogP contribution >= 0.6 is 23.2 Å². The highest BCUT2D eigenvalue weighted by molar-refractivity contribution is 6.54. The lowest BCUT2D eigenvalue weighted by molar-refractivity contribution is -0.112. The Bertz CT molecular complexity index is 1170. The minimum absolute atomic E-state index is 0.0319. The van der Waals surface area contributed by atoms with E-state index in [0.717, 1.165) is 5.56 Å². The summed E-state index contributed by atoms with van der Waals surface area (Å²) in [5.74, 6) is -1.43. The van der Waals surface area contributed by atoms with Crippen LogP contribution in [0.4, 0.5) is 11.4 Å². The zero-order valence-electron chi connectivity index (χ0n) is 15.0. The number of benzene rings is 3. The molecule has 0 atom stereocenters. The zero-order valence-corrected chi connectivity index (χ0v) is 16.5. The molecule has 1 heterocycles. The van der Waals surface area contributed by atoms with Gasteiger partial charge in [-0.25, -0.2) is 9.79 Å². The van der Waals surface area contributed by atoms with Crippen molar-refractivity contribution in [2.24, 2.45) is 4.99 Å².